The van der Waals surface area contributed by atoms with Crippen LogP contribution in [0.15, 0.2) is 11.5 Å². The van der Waals surface area contributed by atoms with E-state index in [0.717, 1.165) is 5.47 Å². The van der Waals surface area contributed by atoms with Crippen LogP contribution in [0.5, 0.6) is 0 Å². The van der Waals surface area contributed by atoms with E-state index in [-0.39, 0.29) is 24.9 Å². The monoisotopic (exact) mass is 252 g/mol. The zero-order valence-corrected chi connectivity index (χ0v) is 12.0. The second-order valence-electron chi connectivity index (χ2n) is 6.53. The van der Waals surface area contributed by atoms with Crippen molar-refractivity contribution >= 4 is 7.12 Å². The Balaban J connectivity index is 2.10. The predicted molar refractivity (Wildman–Crippen MR) is 73.2 cm³/mol. The minimum atomic E-state index is -0.388. The molecule has 0 aromatic carbocycles. The minimum Gasteiger partial charge on any atom is -0.400 e. The molecular weight excluding hydrogens is 227 g/mol. The molecular formula is C14H25BO3. The molecule has 3 nitrogen and oxygen atoms in total. The van der Waals surface area contributed by atoms with Gasteiger partial charge in [-0.3, -0.25) is 0 Å². The van der Waals surface area contributed by atoms with Gasteiger partial charge >= 0.3 is 7.12 Å². The molecule has 1 N–H and O–H groups in total. The lowest BCUT2D eigenvalue weighted by molar-refractivity contribution is 0.00578. The number of rotatable bonds is 3. The Kier molecular flexibility index (Phi) is 3.91. The first-order valence-corrected chi connectivity index (χ1v) is 7.03. The lowest BCUT2D eigenvalue weighted by atomic mass is 9.76. The van der Waals surface area contributed by atoms with E-state index >= 15 is 0 Å². The molecule has 0 radical (unpaired) electrons. The SMILES string of the molecule is CC1(C)OB(C(=CC2CCCC2)CO)OC1(C)C. The van der Waals surface area contributed by atoms with Crippen molar-refractivity contribution in [1.29, 1.82) is 0 Å². The Bertz CT molecular complexity index is 314. The van der Waals surface area contributed by atoms with Gasteiger partial charge < -0.3 is 14.4 Å². The smallest absolute Gasteiger partial charge is 0.400 e. The molecule has 1 aliphatic heterocycles. The van der Waals surface area contributed by atoms with E-state index < -0.39 is 0 Å². The van der Waals surface area contributed by atoms with Crippen molar-refractivity contribution in [2.24, 2.45) is 5.92 Å². The van der Waals surface area contributed by atoms with Gasteiger partial charge in [-0.2, -0.15) is 0 Å². The van der Waals surface area contributed by atoms with Crippen molar-refractivity contribution in [2.75, 3.05) is 6.61 Å². The molecule has 0 spiro atoms. The third-order valence-electron chi connectivity index (χ3n) is 4.59. The van der Waals surface area contributed by atoms with E-state index in [4.69, 9.17) is 9.31 Å². The number of aliphatic hydroxyl groups excluding tert-OH is 1. The summed E-state index contributed by atoms with van der Waals surface area (Å²) in [5.74, 6) is 0.589. The highest BCUT2D eigenvalue weighted by Gasteiger charge is 2.52. The molecule has 2 aliphatic rings. The molecule has 0 aromatic heterocycles. The lowest BCUT2D eigenvalue weighted by Gasteiger charge is -2.32. The van der Waals surface area contributed by atoms with Crippen molar-refractivity contribution in [3.63, 3.8) is 0 Å². The molecule has 1 saturated heterocycles. The number of hydrogen-bond donors (Lipinski definition) is 1. The highest BCUT2D eigenvalue weighted by molar-refractivity contribution is 6.54. The maximum absolute atomic E-state index is 9.56. The van der Waals surface area contributed by atoms with Crippen LogP contribution in [-0.2, 0) is 9.31 Å². The Morgan fingerprint density at radius 1 is 1.17 bits per heavy atom. The standard InChI is InChI=1S/C14H25BO3/c1-13(2)14(3,4)18-15(17-13)12(10-16)9-11-7-5-6-8-11/h9,11,16H,5-8,10H2,1-4H3. The van der Waals surface area contributed by atoms with Crippen LogP contribution in [0.3, 0.4) is 0 Å². The maximum atomic E-state index is 9.56. The summed E-state index contributed by atoms with van der Waals surface area (Å²) in [6.07, 6.45) is 7.22. The Hall–Kier alpha value is -0.315. The molecule has 18 heavy (non-hydrogen) atoms. The van der Waals surface area contributed by atoms with Gasteiger partial charge in [0.15, 0.2) is 0 Å². The van der Waals surface area contributed by atoms with Gasteiger partial charge in [-0.05, 0) is 51.9 Å². The molecule has 0 bridgehead atoms. The van der Waals surface area contributed by atoms with Crippen LogP contribution < -0.4 is 0 Å². The van der Waals surface area contributed by atoms with Gasteiger partial charge in [-0.25, -0.2) is 0 Å². The summed E-state index contributed by atoms with van der Waals surface area (Å²) in [4.78, 5) is 0. The fraction of sp³-hybridized carbons (Fsp3) is 0.857. The van der Waals surface area contributed by atoms with Crippen LogP contribution in [0, 0.1) is 5.92 Å². The number of aliphatic hydroxyl groups is 1. The van der Waals surface area contributed by atoms with Crippen molar-refractivity contribution < 1.29 is 14.4 Å². The molecule has 1 saturated carbocycles. The fourth-order valence-corrected chi connectivity index (χ4v) is 2.63. The van der Waals surface area contributed by atoms with Gasteiger partial charge in [-0.15, -0.1) is 0 Å². The number of allylic oxidation sites excluding steroid dienone is 1. The van der Waals surface area contributed by atoms with Crippen LogP contribution in [0.25, 0.3) is 0 Å². The topological polar surface area (TPSA) is 38.7 Å². The Labute approximate surface area is 111 Å². The van der Waals surface area contributed by atoms with Gasteiger partial charge in [-0.1, -0.05) is 18.9 Å². The van der Waals surface area contributed by atoms with E-state index in [9.17, 15) is 5.11 Å². The predicted octanol–water partition coefficient (Wildman–Crippen LogP) is 2.73. The average molecular weight is 252 g/mol. The normalized spacial score (nSPS) is 28.1. The van der Waals surface area contributed by atoms with E-state index in [2.05, 4.69) is 6.08 Å². The Morgan fingerprint density at radius 2 is 1.67 bits per heavy atom. The summed E-state index contributed by atoms with van der Waals surface area (Å²) in [5, 5.41) is 9.56. The molecule has 2 fully saturated rings. The summed E-state index contributed by atoms with van der Waals surface area (Å²) < 4.78 is 12.0. The van der Waals surface area contributed by atoms with Gasteiger partial charge in [0, 0.05) is 0 Å². The van der Waals surface area contributed by atoms with Crippen LogP contribution in [0.1, 0.15) is 53.4 Å². The maximum Gasteiger partial charge on any atom is 0.492 e. The third kappa shape index (κ3) is 2.66. The molecule has 0 amide bonds. The first-order valence-electron chi connectivity index (χ1n) is 7.03. The van der Waals surface area contributed by atoms with E-state index in [1.807, 2.05) is 27.7 Å². The molecule has 0 unspecified atom stereocenters. The summed E-state index contributed by atoms with van der Waals surface area (Å²) in [6.45, 7) is 8.18. The molecule has 0 atom stereocenters. The molecule has 0 aromatic rings. The zero-order valence-electron chi connectivity index (χ0n) is 12.0. The van der Waals surface area contributed by atoms with Crippen LogP contribution >= 0.6 is 0 Å². The first-order chi connectivity index (χ1) is 8.36. The van der Waals surface area contributed by atoms with Crippen molar-refractivity contribution in [3.05, 3.63) is 11.5 Å². The third-order valence-corrected chi connectivity index (χ3v) is 4.59. The highest BCUT2D eigenvalue weighted by atomic mass is 16.7. The van der Waals surface area contributed by atoms with Crippen molar-refractivity contribution in [1.82, 2.24) is 0 Å². The zero-order chi connectivity index (χ0) is 13.4. The fourth-order valence-electron chi connectivity index (χ4n) is 2.63. The molecule has 2 rings (SSSR count). The second-order valence-corrected chi connectivity index (χ2v) is 6.53. The largest absolute Gasteiger partial charge is 0.492 e. The second kappa shape index (κ2) is 4.99. The molecule has 102 valence electrons. The van der Waals surface area contributed by atoms with Gasteiger partial charge in [0.25, 0.3) is 0 Å². The summed E-state index contributed by atoms with van der Waals surface area (Å²) in [7, 11) is -0.388. The van der Waals surface area contributed by atoms with Crippen LogP contribution in [-0.4, -0.2) is 30.0 Å². The quantitative estimate of drug-likeness (QED) is 0.785. The molecule has 4 heteroatoms. The van der Waals surface area contributed by atoms with Gasteiger partial charge in [0.2, 0.25) is 0 Å². The number of hydrogen-bond acceptors (Lipinski definition) is 3. The van der Waals surface area contributed by atoms with E-state index in [1.165, 1.54) is 25.7 Å². The van der Waals surface area contributed by atoms with E-state index in [1.54, 1.807) is 0 Å². The summed E-state index contributed by atoms with van der Waals surface area (Å²) in [5.41, 5.74) is 0.226. The first kappa shape index (κ1) is 14.1. The minimum absolute atomic E-state index is 0.0212. The van der Waals surface area contributed by atoms with Crippen molar-refractivity contribution in [3.8, 4) is 0 Å². The molecule has 1 aliphatic carbocycles. The summed E-state index contributed by atoms with van der Waals surface area (Å²) in [6, 6.07) is 0. The van der Waals surface area contributed by atoms with Crippen LogP contribution in [0.2, 0.25) is 0 Å². The van der Waals surface area contributed by atoms with E-state index in [0.29, 0.717) is 5.92 Å². The summed E-state index contributed by atoms with van der Waals surface area (Å²) >= 11 is 0. The average Bonchev–Trinajstić information content (AvgIpc) is 2.82. The molecule has 1 heterocycles. The van der Waals surface area contributed by atoms with Gasteiger partial charge in [0.1, 0.15) is 0 Å². The van der Waals surface area contributed by atoms with Gasteiger partial charge in [0.05, 0.1) is 17.8 Å². The Morgan fingerprint density at radius 3 is 2.11 bits per heavy atom. The highest BCUT2D eigenvalue weighted by Crippen LogP contribution is 2.39. The lowest BCUT2D eigenvalue weighted by Crippen LogP contribution is -2.41. The van der Waals surface area contributed by atoms with Crippen molar-refractivity contribution in [2.45, 2.75) is 64.6 Å². The van der Waals surface area contributed by atoms with Crippen LogP contribution in [0.4, 0.5) is 0 Å².